The number of benzene rings is 1. The summed E-state index contributed by atoms with van der Waals surface area (Å²) in [6.07, 6.45) is 1.54. The van der Waals surface area contributed by atoms with Gasteiger partial charge in [-0.1, -0.05) is 22.8 Å². The predicted molar refractivity (Wildman–Crippen MR) is 73.7 cm³/mol. The molecule has 0 saturated heterocycles. The zero-order valence-corrected chi connectivity index (χ0v) is 11.0. The SMILES string of the molecule is N/C(=N/O)c1cccn(Cc2ccc(F)cc2Cl)c1=O. The molecule has 2 aromatic rings. The summed E-state index contributed by atoms with van der Waals surface area (Å²) in [7, 11) is 0. The lowest BCUT2D eigenvalue weighted by Crippen LogP contribution is -2.30. The first-order valence-electron chi connectivity index (χ1n) is 5.64. The zero-order chi connectivity index (χ0) is 14.7. The summed E-state index contributed by atoms with van der Waals surface area (Å²) in [4.78, 5) is 12.1. The predicted octanol–water partition coefficient (Wildman–Crippen LogP) is 1.78. The highest BCUT2D eigenvalue weighted by atomic mass is 35.5. The molecule has 1 aromatic heterocycles. The van der Waals surface area contributed by atoms with Gasteiger partial charge in [0.1, 0.15) is 5.82 Å². The smallest absolute Gasteiger partial charge is 0.261 e. The average Bonchev–Trinajstić information content (AvgIpc) is 2.43. The lowest BCUT2D eigenvalue weighted by Gasteiger charge is -2.09. The molecule has 0 aliphatic rings. The Kier molecular flexibility index (Phi) is 4.05. The Hall–Kier alpha value is -2.34. The molecule has 0 aliphatic carbocycles. The third-order valence-electron chi connectivity index (χ3n) is 2.76. The second kappa shape index (κ2) is 5.75. The lowest BCUT2D eigenvalue weighted by atomic mass is 10.2. The molecule has 0 spiro atoms. The van der Waals surface area contributed by atoms with Crippen LogP contribution in [0.2, 0.25) is 5.02 Å². The van der Waals surface area contributed by atoms with Crippen LogP contribution in [0.15, 0.2) is 46.5 Å². The first-order chi connectivity index (χ1) is 9.52. The Bertz CT molecular complexity index is 728. The molecule has 0 unspecified atom stereocenters. The largest absolute Gasteiger partial charge is 0.409 e. The van der Waals surface area contributed by atoms with Crippen LogP contribution in [0.3, 0.4) is 0 Å². The molecule has 1 heterocycles. The second-order valence-corrected chi connectivity index (χ2v) is 4.48. The molecule has 0 saturated carbocycles. The third kappa shape index (κ3) is 2.80. The van der Waals surface area contributed by atoms with Crippen molar-refractivity contribution in [3.8, 4) is 0 Å². The molecule has 104 valence electrons. The van der Waals surface area contributed by atoms with Crippen LogP contribution < -0.4 is 11.3 Å². The highest BCUT2D eigenvalue weighted by Gasteiger charge is 2.09. The first kappa shape index (κ1) is 14.1. The fraction of sp³-hybridized carbons (Fsp3) is 0.0769. The summed E-state index contributed by atoms with van der Waals surface area (Å²) in [6, 6.07) is 6.97. The summed E-state index contributed by atoms with van der Waals surface area (Å²) in [5.74, 6) is -0.717. The summed E-state index contributed by atoms with van der Waals surface area (Å²) < 4.78 is 14.3. The van der Waals surface area contributed by atoms with E-state index in [1.165, 1.54) is 35.0 Å². The minimum absolute atomic E-state index is 0.0771. The highest BCUT2D eigenvalue weighted by Crippen LogP contribution is 2.17. The third-order valence-corrected chi connectivity index (χ3v) is 3.11. The Morgan fingerprint density at radius 2 is 2.20 bits per heavy atom. The van der Waals surface area contributed by atoms with Crippen molar-refractivity contribution in [1.82, 2.24) is 4.57 Å². The molecule has 0 amide bonds. The number of nitrogens with zero attached hydrogens (tertiary/aromatic N) is 2. The standard InChI is InChI=1S/C13H11ClFN3O2/c14-11-6-9(15)4-3-8(11)7-18-5-1-2-10(13(18)19)12(16)17-20/h1-6,20H,7H2,(H2,16,17). The van der Waals surface area contributed by atoms with E-state index in [2.05, 4.69) is 5.16 Å². The number of halogens is 2. The van der Waals surface area contributed by atoms with Gasteiger partial charge in [-0.05, 0) is 29.8 Å². The van der Waals surface area contributed by atoms with Gasteiger partial charge in [0.05, 0.1) is 12.1 Å². The molecule has 3 N–H and O–H groups in total. The molecular formula is C13H11ClFN3O2. The average molecular weight is 296 g/mol. The zero-order valence-electron chi connectivity index (χ0n) is 10.3. The van der Waals surface area contributed by atoms with Crippen LogP contribution >= 0.6 is 11.6 Å². The molecule has 0 bridgehead atoms. The van der Waals surface area contributed by atoms with Crippen molar-refractivity contribution in [2.75, 3.05) is 0 Å². The summed E-state index contributed by atoms with van der Waals surface area (Å²) in [5.41, 5.74) is 5.66. The summed E-state index contributed by atoms with van der Waals surface area (Å²) >= 11 is 5.92. The molecule has 0 fully saturated rings. The van der Waals surface area contributed by atoms with Crippen LogP contribution in [-0.4, -0.2) is 15.6 Å². The van der Waals surface area contributed by atoms with Crippen LogP contribution in [0.1, 0.15) is 11.1 Å². The molecule has 20 heavy (non-hydrogen) atoms. The van der Waals surface area contributed by atoms with E-state index < -0.39 is 11.4 Å². The Morgan fingerprint density at radius 3 is 2.85 bits per heavy atom. The fourth-order valence-electron chi connectivity index (χ4n) is 1.74. The van der Waals surface area contributed by atoms with E-state index in [4.69, 9.17) is 22.5 Å². The van der Waals surface area contributed by atoms with Crippen molar-refractivity contribution in [1.29, 1.82) is 0 Å². The molecule has 2 rings (SSSR count). The van der Waals surface area contributed by atoms with Gasteiger partial charge in [-0.2, -0.15) is 0 Å². The maximum absolute atomic E-state index is 13.0. The van der Waals surface area contributed by atoms with Crippen LogP contribution in [0.4, 0.5) is 4.39 Å². The molecule has 0 atom stereocenters. The molecule has 7 heteroatoms. The minimum atomic E-state index is -0.448. The van der Waals surface area contributed by atoms with Crippen molar-refractivity contribution >= 4 is 17.4 Å². The van der Waals surface area contributed by atoms with E-state index in [1.54, 1.807) is 6.07 Å². The Balaban J connectivity index is 2.42. The van der Waals surface area contributed by atoms with Gasteiger partial charge >= 0.3 is 0 Å². The van der Waals surface area contributed by atoms with Crippen molar-refractivity contribution in [3.63, 3.8) is 0 Å². The number of nitrogens with two attached hydrogens (primary N) is 1. The van der Waals surface area contributed by atoms with Crippen LogP contribution in [0.25, 0.3) is 0 Å². The minimum Gasteiger partial charge on any atom is -0.409 e. The maximum atomic E-state index is 13.0. The van der Waals surface area contributed by atoms with Gasteiger partial charge in [0.2, 0.25) is 0 Å². The topological polar surface area (TPSA) is 80.6 Å². The van der Waals surface area contributed by atoms with Gasteiger partial charge in [-0.15, -0.1) is 0 Å². The van der Waals surface area contributed by atoms with Crippen molar-refractivity contribution < 1.29 is 9.60 Å². The van der Waals surface area contributed by atoms with E-state index in [9.17, 15) is 9.18 Å². The highest BCUT2D eigenvalue weighted by molar-refractivity contribution is 6.31. The number of hydrogen-bond donors (Lipinski definition) is 2. The van der Waals surface area contributed by atoms with E-state index in [-0.39, 0.29) is 23.0 Å². The fourth-order valence-corrected chi connectivity index (χ4v) is 1.97. The molecular weight excluding hydrogens is 285 g/mol. The van der Waals surface area contributed by atoms with Crippen molar-refractivity contribution in [2.24, 2.45) is 10.9 Å². The van der Waals surface area contributed by atoms with Crippen LogP contribution in [0.5, 0.6) is 0 Å². The van der Waals surface area contributed by atoms with E-state index >= 15 is 0 Å². The number of amidine groups is 1. The van der Waals surface area contributed by atoms with Gasteiger partial charge in [0, 0.05) is 11.2 Å². The number of oxime groups is 1. The lowest BCUT2D eigenvalue weighted by molar-refractivity contribution is 0.318. The van der Waals surface area contributed by atoms with Gasteiger partial charge in [-0.25, -0.2) is 4.39 Å². The maximum Gasteiger partial charge on any atom is 0.261 e. The Morgan fingerprint density at radius 1 is 1.45 bits per heavy atom. The normalized spacial score (nSPS) is 11.6. The van der Waals surface area contributed by atoms with Crippen molar-refractivity contribution in [2.45, 2.75) is 6.54 Å². The second-order valence-electron chi connectivity index (χ2n) is 4.08. The summed E-state index contributed by atoms with van der Waals surface area (Å²) in [5, 5.41) is 11.7. The van der Waals surface area contributed by atoms with Crippen LogP contribution in [0, 0.1) is 5.82 Å². The van der Waals surface area contributed by atoms with Crippen molar-refractivity contribution in [3.05, 3.63) is 68.8 Å². The van der Waals surface area contributed by atoms with Crippen LogP contribution in [-0.2, 0) is 6.54 Å². The van der Waals surface area contributed by atoms with E-state index in [0.717, 1.165) is 0 Å². The van der Waals surface area contributed by atoms with E-state index in [0.29, 0.717) is 5.56 Å². The molecule has 5 nitrogen and oxygen atoms in total. The van der Waals surface area contributed by atoms with E-state index in [1.807, 2.05) is 0 Å². The van der Waals surface area contributed by atoms with Gasteiger partial charge in [-0.3, -0.25) is 4.79 Å². The number of pyridine rings is 1. The first-order valence-corrected chi connectivity index (χ1v) is 6.02. The Labute approximate surface area is 118 Å². The van der Waals surface area contributed by atoms with Gasteiger partial charge in [0.25, 0.3) is 5.56 Å². The number of hydrogen-bond acceptors (Lipinski definition) is 3. The molecule has 0 aliphatic heterocycles. The number of aromatic nitrogens is 1. The monoisotopic (exact) mass is 295 g/mol. The number of rotatable bonds is 3. The summed E-state index contributed by atoms with van der Waals surface area (Å²) in [6.45, 7) is 0.157. The van der Waals surface area contributed by atoms with Gasteiger partial charge in [0.15, 0.2) is 5.84 Å². The molecule has 1 aromatic carbocycles. The quantitative estimate of drug-likeness (QED) is 0.392. The molecule has 0 radical (unpaired) electrons. The van der Waals surface area contributed by atoms with Gasteiger partial charge < -0.3 is 15.5 Å².